The van der Waals surface area contributed by atoms with Gasteiger partial charge in [0.05, 0.1) is 10.5 Å². The van der Waals surface area contributed by atoms with E-state index in [9.17, 15) is 14.9 Å². The van der Waals surface area contributed by atoms with Gasteiger partial charge >= 0.3 is 5.97 Å². The number of carbonyl (C=O) groups is 1. The number of carbonyl (C=O) groups excluding carboxylic acids is 1. The number of aryl methyl sites for hydroxylation is 2. The normalized spacial score (nSPS) is 14.6. The first-order valence-electron chi connectivity index (χ1n) is 12.1. The molecule has 0 unspecified atom stereocenters. The summed E-state index contributed by atoms with van der Waals surface area (Å²) in [6.07, 6.45) is 7.50. The summed E-state index contributed by atoms with van der Waals surface area (Å²) in [7, 11) is 2.22. The number of nitro benzene ring substituents is 1. The number of nitrogens with zero attached hydrogens (tertiary/aromatic N) is 2. The van der Waals surface area contributed by atoms with Crippen molar-refractivity contribution in [2.75, 3.05) is 13.6 Å². The predicted molar refractivity (Wildman–Crippen MR) is 133 cm³/mol. The van der Waals surface area contributed by atoms with Gasteiger partial charge in [0.15, 0.2) is 0 Å². The minimum Gasteiger partial charge on any atom is -0.457 e. The molecule has 3 aromatic rings. The Labute approximate surface area is 200 Å². The number of nitro groups is 1. The van der Waals surface area contributed by atoms with Crippen molar-refractivity contribution >= 4 is 22.6 Å². The first-order valence-corrected chi connectivity index (χ1v) is 12.1. The summed E-state index contributed by atoms with van der Waals surface area (Å²) in [5, 5.41) is 12.1. The van der Waals surface area contributed by atoms with Crippen molar-refractivity contribution in [1.82, 2.24) is 9.88 Å². The van der Waals surface area contributed by atoms with Crippen LogP contribution >= 0.6 is 0 Å². The van der Waals surface area contributed by atoms with Crippen molar-refractivity contribution in [2.24, 2.45) is 0 Å². The Morgan fingerprint density at radius 2 is 1.85 bits per heavy atom. The van der Waals surface area contributed by atoms with E-state index in [1.807, 2.05) is 13.0 Å². The van der Waals surface area contributed by atoms with Gasteiger partial charge in [0.1, 0.15) is 6.61 Å². The number of aromatic amines is 1. The molecule has 0 saturated heterocycles. The third-order valence-corrected chi connectivity index (χ3v) is 7.05. The topological polar surface area (TPSA) is 88.5 Å². The molecule has 7 heteroatoms. The van der Waals surface area contributed by atoms with Crippen molar-refractivity contribution in [3.63, 3.8) is 0 Å². The van der Waals surface area contributed by atoms with Crippen LogP contribution in [0.5, 0.6) is 0 Å². The number of nitrogens with one attached hydrogen (secondary N) is 1. The fraction of sp³-hybridized carbons (Fsp3) is 0.444. The molecule has 1 fully saturated rings. The lowest BCUT2D eigenvalue weighted by Crippen LogP contribution is -2.34. The maximum Gasteiger partial charge on any atom is 0.340 e. The zero-order valence-electron chi connectivity index (χ0n) is 20.2. The summed E-state index contributed by atoms with van der Waals surface area (Å²) in [5.74, 6) is -0.427. The zero-order chi connectivity index (χ0) is 24.2. The Hall–Kier alpha value is -3.19. The lowest BCUT2D eigenvalue weighted by molar-refractivity contribution is -0.385. The second-order valence-corrected chi connectivity index (χ2v) is 9.48. The average molecular weight is 464 g/mol. The minimum absolute atomic E-state index is 0.0159. The average Bonchev–Trinajstić information content (AvgIpc) is 3.17. The van der Waals surface area contributed by atoms with Gasteiger partial charge in [-0.3, -0.25) is 10.1 Å². The first-order chi connectivity index (χ1) is 16.3. The number of ether oxygens (including phenoxy) is 1. The van der Waals surface area contributed by atoms with Crippen molar-refractivity contribution in [2.45, 2.75) is 65.0 Å². The summed E-state index contributed by atoms with van der Waals surface area (Å²) in [4.78, 5) is 29.5. The molecule has 4 rings (SSSR count). The van der Waals surface area contributed by atoms with Crippen molar-refractivity contribution in [1.29, 1.82) is 0 Å². The van der Waals surface area contributed by atoms with E-state index in [0.29, 0.717) is 22.7 Å². The van der Waals surface area contributed by atoms with Crippen LogP contribution in [0.2, 0.25) is 0 Å². The van der Waals surface area contributed by atoms with Crippen LogP contribution in [0.4, 0.5) is 5.69 Å². The van der Waals surface area contributed by atoms with Crippen LogP contribution in [0.15, 0.2) is 36.4 Å². The molecule has 0 atom stereocenters. The predicted octanol–water partition coefficient (Wildman–Crippen LogP) is 5.86. The molecule has 1 N–H and O–H groups in total. The molecular weight excluding hydrogens is 430 g/mol. The quantitative estimate of drug-likeness (QED) is 0.257. The molecule has 1 aromatic heterocycles. The standard InChI is InChI=1S/C27H33N3O4/c1-18-9-10-21(16-25(18)30(32)33)17-34-27(31)26-19(2)28-24-12-11-20(15-23(24)26)13-14-29(3)22-7-5-4-6-8-22/h9-12,15-16,22,28H,4-8,13-14,17H2,1-3H3. The Morgan fingerprint density at radius 1 is 1.12 bits per heavy atom. The molecule has 2 aromatic carbocycles. The third-order valence-electron chi connectivity index (χ3n) is 7.05. The highest BCUT2D eigenvalue weighted by Crippen LogP contribution is 2.26. The number of benzene rings is 2. The molecule has 1 heterocycles. The number of esters is 1. The smallest absolute Gasteiger partial charge is 0.340 e. The Kier molecular flexibility index (Phi) is 7.32. The number of likely N-dealkylation sites (N-methyl/N-ethyl adjacent to an activating group) is 1. The van der Waals surface area contributed by atoms with Crippen LogP contribution in [0.1, 0.15) is 64.8 Å². The van der Waals surface area contributed by atoms with E-state index in [-0.39, 0.29) is 12.3 Å². The van der Waals surface area contributed by atoms with Gasteiger partial charge in [0, 0.05) is 40.8 Å². The van der Waals surface area contributed by atoms with Gasteiger partial charge in [-0.2, -0.15) is 0 Å². The highest BCUT2D eigenvalue weighted by atomic mass is 16.6. The maximum atomic E-state index is 13.0. The molecule has 0 radical (unpaired) electrons. The molecule has 0 bridgehead atoms. The van der Waals surface area contributed by atoms with Gasteiger partial charge in [-0.15, -0.1) is 0 Å². The fourth-order valence-corrected chi connectivity index (χ4v) is 4.96. The van der Waals surface area contributed by atoms with Crippen molar-refractivity contribution in [3.05, 3.63) is 74.5 Å². The first kappa shape index (κ1) is 24.0. The van der Waals surface area contributed by atoms with Crippen LogP contribution in [-0.2, 0) is 17.8 Å². The largest absolute Gasteiger partial charge is 0.457 e. The van der Waals surface area contributed by atoms with Gasteiger partial charge in [-0.25, -0.2) is 4.79 Å². The molecule has 0 amide bonds. The minimum atomic E-state index is -0.427. The van der Waals surface area contributed by atoms with Crippen LogP contribution in [-0.4, -0.2) is 40.4 Å². The summed E-state index contributed by atoms with van der Waals surface area (Å²) >= 11 is 0. The van der Waals surface area contributed by atoms with Gasteiger partial charge in [0.2, 0.25) is 0 Å². The lowest BCUT2D eigenvalue weighted by Gasteiger charge is -2.31. The van der Waals surface area contributed by atoms with Crippen LogP contribution in [0.25, 0.3) is 10.9 Å². The number of rotatable bonds is 8. The van der Waals surface area contributed by atoms with E-state index in [1.54, 1.807) is 19.1 Å². The van der Waals surface area contributed by atoms with Crippen molar-refractivity contribution < 1.29 is 14.5 Å². The van der Waals surface area contributed by atoms with Crippen LogP contribution in [0.3, 0.4) is 0 Å². The highest BCUT2D eigenvalue weighted by molar-refractivity contribution is 6.05. The van der Waals surface area contributed by atoms with E-state index in [2.05, 4.69) is 29.1 Å². The van der Waals surface area contributed by atoms with E-state index >= 15 is 0 Å². The Balaban J connectivity index is 1.46. The molecular formula is C27H33N3O4. The van der Waals surface area contributed by atoms with E-state index in [0.717, 1.165) is 29.6 Å². The van der Waals surface area contributed by atoms with Gasteiger partial charge in [-0.1, -0.05) is 37.5 Å². The fourth-order valence-electron chi connectivity index (χ4n) is 4.96. The molecule has 1 aliphatic rings. The number of fused-ring (bicyclic) bond motifs is 1. The summed E-state index contributed by atoms with van der Waals surface area (Å²) < 4.78 is 5.56. The molecule has 180 valence electrons. The molecule has 34 heavy (non-hydrogen) atoms. The maximum absolute atomic E-state index is 13.0. The second-order valence-electron chi connectivity index (χ2n) is 9.48. The monoisotopic (exact) mass is 463 g/mol. The Morgan fingerprint density at radius 3 is 2.59 bits per heavy atom. The van der Waals surface area contributed by atoms with Gasteiger partial charge < -0.3 is 14.6 Å². The van der Waals surface area contributed by atoms with E-state index < -0.39 is 10.9 Å². The second kappa shape index (κ2) is 10.4. The van der Waals surface area contributed by atoms with Gasteiger partial charge in [-0.05, 0) is 63.4 Å². The van der Waals surface area contributed by atoms with Gasteiger partial charge in [0.25, 0.3) is 5.69 Å². The van der Waals surface area contributed by atoms with Crippen LogP contribution < -0.4 is 0 Å². The molecule has 1 aliphatic carbocycles. The number of hydrogen-bond acceptors (Lipinski definition) is 5. The third kappa shape index (κ3) is 5.30. The van der Waals surface area contributed by atoms with Crippen LogP contribution in [0, 0.1) is 24.0 Å². The number of H-pyrrole nitrogens is 1. The summed E-state index contributed by atoms with van der Waals surface area (Å²) in [5.41, 5.74) is 4.58. The summed E-state index contributed by atoms with van der Waals surface area (Å²) in [6.45, 7) is 4.53. The van der Waals surface area contributed by atoms with E-state index in [4.69, 9.17) is 4.74 Å². The Bertz CT molecular complexity index is 1190. The molecule has 1 saturated carbocycles. The van der Waals surface area contributed by atoms with Crippen molar-refractivity contribution in [3.8, 4) is 0 Å². The molecule has 7 nitrogen and oxygen atoms in total. The highest BCUT2D eigenvalue weighted by Gasteiger charge is 2.20. The summed E-state index contributed by atoms with van der Waals surface area (Å²) in [6, 6.07) is 11.8. The molecule has 0 aliphatic heterocycles. The van der Waals surface area contributed by atoms with E-state index in [1.165, 1.54) is 43.7 Å². The lowest BCUT2D eigenvalue weighted by atomic mass is 9.94. The number of hydrogen-bond donors (Lipinski definition) is 1. The SMILES string of the molecule is Cc1ccc(COC(=O)c2c(C)[nH]c3ccc(CCN(C)C4CCCCC4)cc23)cc1[N+](=O)[O-]. The zero-order valence-corrected chi connectivity index (χ0v) is 20.2. The number of aromatic nitrogens is 1. The molecule has 0 spiro atoms.